The van der Waals surface area contributed by atoms with E-state index in [1.165, 1.54) is 10.7 Å². The Labute approximate surface area is 165 Å². The Morgan fingerprint density at radius 1 is 1.38 bits per heavy atom. The minimum absolute atomic E-state index is 0.0680. The van der Waals surface area contributed by atoms with Gasteiger partial charge in [-0.05, 0) is 30.5 Å². The number of halogens is 2. The molecule has 29 heavy (non-hydrogen) atoms. The number of anilines is 1. The van der Waals surface area contributed by atoms with Crippen LogP contribution in [0.5, 0.6) is 5.75 Å². The standard InChI is InChI=1S/C19H22F2N4O4/c1-2-3-14-8-15(24-25(14)9-17(20)21)18(26)22-12-5-4-11-6-13(23-19(27)28)10-29-16(11)7-12/h4-5,7-8,13,17,23H,2-3,6,9-10H2,1H3,(H,22,26)(H,27,28)/t13-/m1/s1. The van der Waals surface area contributed by atoms with Gasteiger partial charge in [0, 0.05) is 17.4 Å². The van der Waals surface area contributed by atoms with Gasteiger partial charge in [-0.3, -0.25) is 9.48 Å². The van der Waals surface area contributed by atoms with E-state index in [1.807, 2.05) is 6.92 Å². The average Bonchev–Trinajstić information content (AvgIpc) is 3.04. The van der Waals surface area contributed by atoms with Gasteiger partial charge in [0.05, 0.1) is 6.04 Å². The van der Waals surface area contributed by atoms with Crippen molar-refractivity contribution >= 4 is 17.7 Å². The molecule has 1 aliphatic rings. The Hall–Kier alpha value is -3.17. The number of aryl methyl sites for hydroxylation is 1. The molecule has 0 spiro atoms. The first-order chi connectivity index (χ1) is 13.9. The normalized spacial score (nSPS) is 15.5. The lowest BCUT2D eigenvalue weighted by Gasteiger charge is -2.25. The quantitative estimate of drug-likeness (QED) is 0.653. The Balaban J connectivity index is 1.71. The van der Waals surface area contributed by atoms with Crippen molar-refractivity contribution < 1.29 is 28.2 Å². The van der Waals surface area contributed by atoms with Crippen molar-refractivity contribution in [2.45, 2.75) is 45.2 Å². The number of aromatic nitrogens is 2. The van der Waals surface area contributed by atoms with Gasteiger partial charge in [-0.1, -0.05) is 19.4 Å². The summed E-state index contributed by atoms with van der Waals surface area (Å²) in [5, 5.41) is 17.9. The molecule has 8 nitrogen and oxygen atoms in total. The molecule has 0 saturated carbocycles. The molecule has 1 aromatic carbocycles. The maximum Gasteiger partial charge on any atom is 0.405 e. The summed E-state index contributed by atoms with van der Waals surface area (Å²) in [6.07, 6.45) is -1.90. The van der Waals surface area contributed by atoms with Crippen molar-refractivity contribution in [3.8, 4) is 5.75 Å². The van der Waals surface area contributed by atoms with E-state index in [4.69, 9.17) is 9.84 Å². The number of hydrogen-bond acceptors (Lipinski definition) is 4. The number of alkyl halides is 2. The minimum atomic E-state index is -2.56. The summed E-state index contributed by atoms with van der Waals surface area (Å²) in [6, 6.07) is 6.26. The fourth-order valence-corrected chi connectivity index (χ4v) is 3.23. The van der Waals surface area contributed by atoms with Crippen LogP contribution in [0.25, 0.3) is 0 Å². The van der Waals surface area contributed by atoms with E-state index in [-0.39, 0.29) is 18.3 Å². The Morgan fingerprint density at radius 3 is 2.86 bits per heavy atom. The first-order valence-corrected chi connectivity index (χ1v) is 9.27. The number of benzene rings is 1. The van der Waals surface area contributed by atoms with Gasteiger partial charge in [0.15, 0.2) is 5.69 Å². The van der Waals surface area contributed by atoms with Gasteiger partial charge in [-0.2, -0.15) is 5.10 Å². The molecule has 0 aliphatic carbocycles. The van der Waals surface area contributed by atoms with Gasteiger partial charge in [0.1, 0.15) is 18.9 Å². The highest BCUT2D eigenvalue weighted by Crippen LogP contribution is 2.28. The molecule has 3 N–H and O–H groups in total. The zero-order valence-electron chi connectivity index (χ0n) is 15.8. The van der Waals surface area contributed by atoms with E-state index in [1.54, 1.807) is 18.2 Å². The topological polar surface area (TPSA) is 105 Å². The second-order valence-electron chi connectivity index (χ2n) is 6.78. The number of nitrogens with zero attached hydrogens (tertiary/aromatic N) is 2. The van der Waals surface area contributed by atoms with Crippen LogP contribution in [0.15, 0.2) is 24.3 Å². The van der Waals surface area contributed by atoms with Gasteiger partial charge in [0.25, 0.3) is 12.3 Å². The van der Waals surface area contributed by atoms with E-state index in [9.17, 15) is 18.4 Å². The third kappa shape index (κ3) is 5.21. The third-order valence-electron chi connectivity index (χ3n) is 4.47. The van der Waals surface area contributed by atoms with Gasteiger partial charge in [0.2, 0.25) is 0 Å². The van der Waals surface area contributed by atoms with Crippen molar-refractivity contribution in [1.82, 2.24) is 15.1 Å². The second-order valence-corrected chi connectivity index (χ2v) is 6.78. The zero-order valence-corrected chi connectivity index (χ0v) is 15.8. The number of carbonyl (C=O) groups excluding carboxylic acids is 1. The highest BCUT2D eigenvalue weighted by molar-refractivity contribution is 6.03. The highest BCUT2D eigenvalue weighted by Gasteiger charge is 2.22. The van der Waals surface area contributed by atoms with Crippen LogP contribution in [-0.4, -0.2) is 46.0 Å². The first-order valence-electron chi connectivity index (χ1n) is 9.27. The molecule has 1 atom stereocenters. The minimum Gasteiger partial charge on any atom is -0.491 e. The van der Waals surface area contributed by atoms with Crippen molar-refractivity contribution in [1.29, 1.82) is 0 Å². The van der Waals surface area contributed by atoms with Gasteiger partial charge in [-0.15, -0.1) is 0 Å². The molecule has 1 aliphatic heterocycles. The van der Waals surface area contributed by atoms with Crippen molar-refractivity contribution in [3.63, 3.8) is 0 Å². The smallest absolute Gasteiger partial charge is 0.405 e. The van der Waals surface area contributed by atoms with Crippen LogP contribution >= 0.6 is 0 Å². The molecule has 3 rings (SSSR count). The summed E-state index contributed by atoms with van der Waals surface area (Å²) in [5.74, 6) is 0.0534. The van der Waals surface area contributed by atoms with Crippen LogP contribution in [0.4, 0.5) is 19.3 Å². The van der Waals surface area contributed by atoms with Crippen molar-refractivity contribution in [3.05, 3.63) is 41.2 Å². The lowest BCUT2D eigenvalue weighted by atomic mass is 10.0. The molecule has 0 unspecified atom stereocenters. The number of amides is 2. The molecule has 10 heteroatoms. The predicted molar refractivity (Wildman–Crippen MR) is 101 cm³/mol. The number of nitrogens with one attached hydrogen (secondary N) is 2. The van der Waals surface area contributed by atoms with Crippen molar-refractivity contribution in [2.75, 3.05) is 11.9 Å². The molecule has 0 radical (unpaired) electrons. The maximum absolute atomic E-state index is 12.7. The van der Waals surface area contributed by atoms with E-state index in [0.29, 0.717) is 30.0 Å². The lowest BCUT2D eigenvalue weighted by Crippen LogP contribution is -2.42. The van der Waals surface area contributed by atoms with E-state index >= 15 is 0 Å². The van der Waals surface area contributed by atoms with Crippen LogP contribution < -0.4 is 15.4 Å². The molecule has 1 aromatic heterocycles. The molecule has 0 bridgehead atoms. The van der Waals surface area contributed by atoms with Crippen LogP contribution in [0.2, 0.25) is 0 Å². The number of carbonyl (C=O) groups is 2. The van der Waals surface area contributed by atoms with E-state index in [0.717, 1.165) is 12.0 Å². The third-order valence-corrected chi connectivity index (χ3v) is 4.47. The molecule has 2 heterocycles. The van der Waals surface area contributed by atoms with Crippen LogP contribution in [0, 0.1) is 0 Å². The number of fused-ring (bicyclic) bond motifs is 1. The summed E-state index contributed by atoms with van der Waals surface area (Å²) in [7, 11) is 0. The molecule has 156 valence electrons. The molecular weight excluding hydrogens is 386 g/mol. The summed E-state index contributed by atoms with van der Waals surface area (Å²) in [4.78, 5) is 23.3. The monoisotopic (exact) mass is 408 g/mol. The van der Waals surface area contributed by atoms with Crippen LogP contribution in [0.3, 0.4) is 0 Å². The largest absolute Gasteiger partial charge is 0.491 e. The Morgan fingerprint density at radius 2 is 2.17 bits per heavy atom. The van der Waals surface area contributed by atoms with Crippen LogP contribution in [-0.2, 0) is 19.4 Å². The summed E-state index contributed by atoms with van der Waals surface area (Å²) < 4.78 is 32.2. The van der Waals surface area contributed by atoms with Gasteiger partial charge >= 0.3 is 6.09 Å². The number of ether oxygens (including phenoxy) is 1. The summed E-state index contributed by atoms with van der Waals surface area (Å²) >= 11 is 0. The Bertz CT molecular complexity index is 900. The van der Waals surface area contributed by atoms with Gasteiger partial charge < -0.3 is 20.5 Å². The first kappa shape index (κ1) is 20.6. The van der Waals surface area contributed by atoms with E-state index in [2.05, 4.69) is 15.7 Å². The number of carboxylic acid groups (broad SMARTS) is 1. The maximum atomic E-state index is 12.7. The van der Waals surface area contributed by atoms with Crippen LogP contribution in [0.1, 0.15) is 35.1 Å². The zero-order chi connectivity index (χ0) is 21.0. The summed E-state index contributed by atoms with van der Waals surface area (Å²) in [5.41, 5.74) is 1.94. The molecule has 2 aromatic rings. The average molecular weight is 408 g/mol. The van der Waals surface area contributed by atoms with Crippen molar-refractivity contribution in [2.24, 2.45) is 0 Å². The molecule has 0 saturated heterocycles. The molecule has 2 amide bonds. The fraction of sp³-hybridized carbons (Fsp3) is 0.421. The Kier molecular flexibility index (Phi) is 6.30. The highest BCUT2D eigenvalue weighted by atomic mass is 19.3. The fourth-order valence-electron chi connectivity index (χ4n) is 3.23. The SMILES string of the molecule is CCCc1cc(C(=O)Nc2ccc3c(c2)OC[C@H](NC(=O)O)C3)nn1CC(F)F. The molecule has 0 fully saturated rings. The van der Waals surface area contributed by atoms with Gasteiger partial charge in [-0.25, -0.2) is 13.6 Å². The second kappa shape index (κ2) is 8.89. The molecular formula is C19H22F2N4O4. The predicted octanol–water partition coefficient (Wildman–Crippen LogP) is 2.92. The van der Waals surface area contributed by atoms with E-state index < -0.39 is 25.0 Å². The summed E-state index contributed by atoms with van der Waals surface area (Å²) in [6.45, 7) is 1.55. The number of rotatable bonds is 7. The lowest BCUT2D eigenvalue weighted by molar-refractivity contribution is 0.101. The number of hydrogen-bond donors (Lipinski definition) is 3.